The Morgan fingerprint density at radius 1 is 1.12 bits per heavy atom. The summed E-state index contributed by atoms with van der Waals surface area (Å²) >= 11 is 0. The normalized spacial score (nSPS) is 13.7. The van der Waals surface area contributed by atoms with Gasteiger partial charge in [-0.15, -0.1) is 0 Å². The first kappa shape index (κ1) is 19.3. The molecule has 25 heavy (non-hydrogen) atoms. The van der Waals surface area contributed by atoms with Gasteiger partial charge in [-0.05, 0) is 75.8 Å². The van der Waals surface area contributed by atoms with Crippen molar-refractivity contribution in [3.8, 4) is 5.75 Å². The average molecular weight is 342 g/mol. The molecule has 1 N–H and O–H groups in total. The standard InChI is InChI=1S/C21H30N2O2/c1-15(7-6-12-23(3)4)22-21(24)16(2)17-8-9-19-14-20(25-5)11-10-18(19)13-17/h8-11,13-16H,6-7,12H2,1-5H3,(H,22,24). The maximum absolute atomic E-state index is 12.5. The Morgan fingerprint density at radius 2 is 1.80 bits per heavy atom. The largest absolute Gasteiger partial charge is 0.497 e. The van der Waals surface area contributed by atoms with Gasteiger partial charge in [-0.25, -0.2) is 0 Å². The quantitative estimate of drug-likeness (QED) is 0.793. The summed E-state index contributed by atoms with van der Waals surface area (Å²) in [6.07, 6.45) is 2.08. The zero-order valence-corrected chi connectivity index (χ0v) is 16.0. The van der Waals surface area contributed by atoms with Gasteiger partial charge < -0.3 is 15.0 Å². The molecule has 0 spiro atoms. The monoisotopic (exact) mass is 342 g/mol. The van der Waals surface area contributed by atoms with Gasteiger partial charge in [-0.1, -0.05) is 24.3 Å². The molecule has 2 aromatic rings. The number of methoxy groups -OCH3 is 1. The highest BCUT2D eigenvalue weighted by molar-refractivity contribution is 5.88. The Kier molecular flexibility index (Phi) is 6.82. The molecule has 2 rings (SSSR count). The second-order valence-corrected chi connectivity index (χ2v) is 7.05. The summed E-state index contributed by atoms with van der Waals surface area (Å²) < 4.78 is 5.26. The maximum atomic E-state index is 12.5. The zero-order chi connectivity index (χ0) is 18.4. The predicted molar refractivity (Wildman–Crippen MR) is 104 cm³/mol. The van der Waals surface area contributed by atoms with Gasteiger partial charge in [0.1, 0.15) is 5.75 Å². The van der Waals surface area contributed by atoms with E-state index < -0.39 is 0 Å². The lowest BCUT2D eigenvalue weighted by molar-refractivity contribution is -0.122. The van der Waals surface area contributed by atoms with E-state index in [9.17, 15) is 4.79 Å². The molecule has 2 atom stereocenters. The summed E-state index contributed by atoms with van der Waals surface area (Å²) in [4.78, 5) is 14.7. The summed E-state index contributed by atoms with van der Waals surface area (Å²) in [6, 6.07) is 12.4. The van der Waals surface area contributed by atoms with Crippen LogP contribution in [0.4, 0.5) is 0 Å². The third kappa shape index (κ3) is 5.46. The molecule has 0 fully saturated rings. The average Bonchev–Trinajstić information content (AvgIpc) is 2.59. The van der Waals surface area contributed by atoms with Gasteiger partial charge in [-0.3, -0.25) is 4.79 Å². The molecule has 0 heterocycles. The van der Waals surface area contributed by atoms with Gasteiger partial charge in [0.2, 0.25) is 5.91 Å². The number of ether oxygens (including phenoxy) is 1. The van der Waals surface area contributed by atoms with E-state index in [1.165, 1.54) is 0 Å². The van der Waals surface area contributed by atoms with Crippen LogP contribution in [0.25, 0.3) is 10.8 Å². The van der Waals surface area contributed by atoms with Gasteiger partial charge in [0.25, 0.3) is 0 Å². The van der Waals surface area contributed by atoms with Gasteiger partial charge in [0, 0.05) is 6.04 Å². The van der Waals surface area contributed by atoms with Crippen molar-refractivity contribution in [2.75, 3.05) is 27.7 Å². The predicted octanol–water partition coefficient (Wildman–Crippen LogP) is 3.80. The molecule has 0 saturated heterocycles. The molecule has 0 aliphatic heterocycles. The molecule has 136 valence electrons. The fourth-order valence-electron chi connectivity index (χ4n) is 2.94. The molecule has 2 unspecified atom stereocenters. The smallest absolute Gasteiger partial charge is 0.227 e. The van der Waals surface area contributed by atoms with Crippen LogP contribution >= 0.6 is 0 Å². The molecule has 0 radical (unpaired) electrons. The van der Waals surface area contributed by atoms with Crippen LogP contribution in [-0.2, 0) is 4.79 Å². The highest BCUT2D eigenvalue weighted by Gasteiger charge is 2.17. The summed E-state index contributed by atoms with van der Waals surface area (Å²) in [5.41, 5.74) is 1.04. The molecular formula is C21H30N2O2. The van der Waals surface area contributed by atoms with Crippen molar-refractivity contribution in [1.82, 2.24) is 10.2 Å². The van der Waals surface area contributed by atoms with Crippen molar-refractivity contribution in [3.63, 3.8) is 0 Å². The lowest BCUT2D eigenvalue weighted by Crippen LogP contribution is -2.35. The second-order valence-electron chi connectivity index (χ2n) is 7.05. The number of carbonyl (C=O) groups excluding carboxylic acids is 1. The van der Waals surface area contributed by atoms with Crippen LogP contribution in [-0.4, -0.2) is 44.6 Å². The molecule has 2 aromatic carbocycles. The number of rotatable bonds is 8. The molecule has 0 saturated carbocycles. The SMILES string of the molecule is COc1ccc2cc(C(C)C(=O)NC(C)CCCN(C)C)ccc2c1. The minimum Gasteiger partial charge on any atom is -0.497 e. The number of nitrogens with zero attached hydrogens (tertiary/aromatic N) is 1. The number of benzene rings is 2. The first-order valence-electron chi connectivity index (χ1n) is 8.93. The number of hydrogen-bond donors (Lipinski definition) is 1. The van der Waals surface area contributed by atoms with Crippen molar-refractivity contribution < 1.29 is 9.53 Å². The number of hydrogen-bond acceptors (Lipinski definition) is 3. The van der Waals surface area contributed by atoms with Crippen molar-refractivity contribution in [2.24, 2.45) is 0 Å². The van der Waals surface area contributed by atoms with Gasteiger partial charge in [0.05, 0.1) is 13.0 Å². The molecule has 0 bridgehead atoms. The van der Waals surface area contributed by atoms with Crippen LogP contribution in [0.1, 0.15) is 38.2 Å². The Balaban J connectivity index is 2.00. The van der Waals surface area contributed by atoms with E-state index in [4.69, 9.17) is 4.74 Å². The van der Waals surface area contributed by atoms with Crippen molar-refractivity contribution in [1.29, 1.82) is 0 Å². The summed E-state index contributed by atoms with van der Waals surface area (Å²) in [5.74, 6) is 0.769. The number of nitrogens with one attached hydrogen (secondary N) is 1. The minimum absolute atomic E-state index is 0.0882. The summed E-state index contributed by atoms with van der Waals surface area (Å²) in [6.45, 7) is 5.09. The summed E-state index contributed by atoms with van der Waals surface area (Å²) in [7, 11) is 5.81. The van der Waals surface area contributed by atoms with E-state index >= 15 is 0 Å². The van der Waals surface area contributed by atoms with E-state index in [0.717, 1.165) is 41.5 Å². The Hall–Kier alpha value is -2.07. The van der Waals surface area contributed by atoms with Crippen molar-refractivity contribution >= 4 is 16.7 Å². The van der Waals surface area contributed by atoms with Gasteiger partial charge in [0.15, 0.2) is 0 Å². The second kappa shape index (κ2) is 8.86. The third-order valence-corrected chi connectivity index (χ3v) is 4.60. The zero-order valence-electron chi connectivity index (χ0n) is 16.0. The third-order valence-electron chi connectivity index (χ3n) is 4.60. The molecule has 1 amide bonds. The van der Waals surface area contributed by atoms with Crippen molar-refractivity contribution in [2.45, 2.75) is 38.6 Å². The highest BCUT2D eigenvalue weighted by Crippen LogP contribution is 2.25. The summed E-state index contributed by atoms with van der Waals surface area (Å²) in [5, 5.41) is 5.38. The van der Waals surface area contributed by atoms with E-state index in [-0.39, 0.29) is 17.9 Å². The van der Waals surface area contributed by atoms with E-state index in [1.807, 2.05) is 31.2 Å². The fraction of sp³-hybridized carbons (Fsp3) is 0.476. The topological polar surface area (TPSA) is 41.6 Å². The van der Waals surface area contributed by atoms with Crippen LogP contribution < -0.4 is 10.1 Å². The van der Waals surface area contributed by atoms with E-state index in [1.54, 1.807) is 7.11 Å². The molecule has 0 aliphatic rings. The lowest BCUT2D eigenvalue weighted by atomic mass is 9.96. The molecule has 4 nitrogen and oxygen atoms in total. The Bertz CT molecular complexity index is 712. The molecular weight excluding hydrogens is 312 g/mol. The maximum Gasteiger partial charge on any atom is 0.227 e. The lowest BCUT2D eigenvalue weighted by Gasteiger charge is -2.19. The van der Waals surface area contributed by atoms with Gasteiger partial charge >= 0.3 is 0 Å². The van der Waals surface area contributed by atoms with E-state index in [2.05, 4.69) is 43.4 Å². The minimum atomic E-state index is -0.164. The van der Waals surface area contributed by atoms with Crippen molar-refractivity contribution in [3.05, 3.63) is 42.0 Å². The fourth-order valence-corrected chi connectivity index (χ4v) is 2.94. The van der Waals surface area contributed by atoms with Crippen LogP contribution in [0.3, 0.4) is 0 Å². The first-order valence-corrected chi connectivity index (χ1v) is 8.93. The first-order chi connectivity index (χ1) is 11.9. The Morgan fingerprint density at radius 3 is 2.48 bits per heavy atom. The van der Waals surface area contributed by atoms with Crippen LogP contribution in [0, 0.1) is 0 Å². The van der Waals surface area contributed by atoms with Crippen LogP contribution in [0.5, 0.6) is 5.75 Å². The Labute approximate surface area is 151 Å². The van der Waals surface area contributed by atoms with Crippen LogP contribution in [0.15, 0.2) is 36.4 Å². The highest BCUT2D eigenvalue weighted by atomic mass is 16.5. The number of carbonyl (C=O) groups is 1. The molecule has 0 aliphatic carbocycles. The molecule has 0 aromatic heterocycles. The van der Waals surface area contributed by atoms with Gasteiger partial charge in [-0.2, -0.15) is 0 Å². The number of amides is 1. The molecule has 4 heteroatoms. The van der Waals surface area contributed by atoms with Crippen LogP contribution in [0.2, 0.25) is 0 Å². The van der Waals surface area contributed by atoms with E-state index in [0.29, 0.717) is 0 Å². The number of fused-ring (bicyclic) bond motifs is 1.